The van der Waals surface area contributed by atoms with Crippen LogP contribution < -0.4 is 14.2 Å². The van der Waals surface area contributed by atoms with Gasteiger partial charge in [0, 0.05) is 31.0 Å². The van der Waals surface area contributed by atoms with Crippen molar-refractivity contribution in [2.24, 2.45) is 5.92 Å². The van der Waals surface area contributed by atoms with Crippen molar-refractivity contribution in [2.75, 3.05) is 34.4 Å². The number of hydrogen-bond donors (Lipinski definition) is 0. The second kappa shape index (κ2) is 8.31. The summed E-state index contributed by atoms with van der Waals surface area (Å²) in [5.41, 5.74) is 0.522. The van der Waals surface area contributed by atoms with Crippen LogP contribution in [0.15, 0.2) is 16.7 Å². The molecular formula is C21H27N3O5. The molecule has 1 saturated heterocycles. The molecule has 29 heavy (non-hydrogen) atoms. The van der Waals surface area contributed by atoms with E-state index in [2.05, 4.69) is 10.1 Å². The fraction of sp³-hybridized carbons (Fsp3) is 0.571. The standard InChI is InChI=1S/C21H27N3O5/c1-26-16-10-15(11-17(27-2)19(16)28-3)21(25)24-8-4-5-13(12-24)9-18-22-20(23-29-18)14-6-7-14/h10-11,13-14H,4-9,12H2,1-3H3. The second-order valence-electron chi connectivity index (χ2n) is 7.70. The second-order valence-corrected chi connectivity index (χ2v) is 7.70. The first-order valence-corrected chi connectivity index (χ1v) is 10.0. The number of ether oxygens (including phenoxy) is 3. The Morgan fingerprint density at radius 2 is 1.86 bits per heavy atom. The van der Waals surface area contributed by atoms with Crippen LogP contribution in [0.2, 0.25) is 0 Å². The molecule has 0 spiro atoms. The van der Waals surface area contributed by atoms with Gasteiger partial charge in [-0.15, -0.1) is 0 Å². The van der Waals surface area contributed by atoms with E-state index in [-0.39, 0.29) is 5.91 Å². The maximum Gasteiger partial charge on any atom is 0.254 e. The van der Waals surface area contributed by atoms with Crippen LogP contribution in [0.5, 0.6) is 17.2 Å². The SMILES string of the molecule is COc1cc(C(=O)N2CCCC(Cc3nc(C4CC4)no3)C2)cc(OC)c1OC. The van der Waals surface area contributed by atoms with Gasteiger partial charge in [-0.1, -0.05) is 5.16 Å². The minimum atomic E-state index is -0.0434. The fourth-order valence-corrected chi connectivity index (χ4v) is 3.91. The number of carbonyl (C=O) groups is 1. The van der Waals surface area contributed by atoms with Crippen molar-refractivity contribution in [3.8, 4) is 17.2 Å². The minimum Gasteiger partial charge on any atom is -0.493 e. The number of likely N-dealkylation sites (tertiary alicyclic amines) is 1. The Kier molecular flexibility index (Phi) is 5.60. The van der Waals surface area contributed by atoms with Gasteiger partial charge < -0.3 is 23.6 Å². The topological polar surface area (TPSA) is 86.9 Å². The Bertz CT molecular complexity index is 852. The van der Waals surface area contributed by atoms with Crippen LogP contribution in [0, 0.1) is 5.92 Å². The van der Waals surface area contributed by atoms with Gasteiger partial charge in [-0.25, -0.2) is 0 Å². The van der Waals surface area contributed by atoms with Crippen LogP contribution in [0.25, 0.3) is 0 Å². The average molecular weight is 401 g/mol. The molecule has 8 nitrogen and oxygen atoms in total. The first-order valence-electron chi connectivity index (χ1n) is 10.0. The lowest BCUT2D eigenvalue weighted by Crippen LogP contribution is -2.40. The predicted octanol–water partition coefficient (Wildman–Crippen LogP) is 3.07. The quantitative estimate of drug-likeness (QED) is 0.705. The van der Waals surface area contributed by atoms with Crippen molar-refractivity contribution in [3.63, 3.8) is 0 Å². The molecule has 2 heterocycles. The Balaban J connectivity index is 1.46. The van der Waals surface area contributed by atoms with Gasteiger partial charge >= 0.3 is 0 Å². The molecule has 1 aromatic carbocycles. The maximum absolute atomic E-state index is 13.2. The van der Waals surface area contributed by atoms with Crippen molar-refractivity contribution in [3.05, 3.63) is 29.4 Å². The van der Waals surface area contributed by atoms with Crippen molar-refractivity contribution in [2.45, 2.75) is 38.0 Å². The summed E-state index contributed by atoms with van der Waals surface area (Å²) in [5, 5.41) is 4.09. The molecule has 1 atom stereocenters. The van der Waals surface area contributed by atoms with Gasteiger partial charge in [0.25, 0.3) is 5.91 Å². The lowest BCUT2D eigenvalue weighted by atomic mass is 9.94. The zero-order valence-corrected chi connectivity index (χ0v) is 17.1. The van der Waals surface area contributed by atoms with Gasteiger partial charge in [-0.3, -0.25) is 4.79 Å². The minimum absolute atomic E-state index is 0.0434. The number of amides is 1. The van der Waals surface area contributed by atoms with Crippen molar-refractivity contribution >= 4 is 5.91 Å². The molecule has 1 aliphatic heterocycles. The number of aromatic nitrogens is 2. The molecule has 2 fully saturated rings. The Morgan fingerprint density at radius 3 is 2.48 bits per heavy atom. The van der Waals surface area contributed by atoms with Crippen LogP contribution in [-0.4, -0.2) is 55.4 Å². The maximum atomic E-state index is 13.2. The molecular weight excluding hydrogens is 374 g/mol. The Labute approximate surface area is 170 Å². The zero-order valence-electron chi connectivity index (χ0n) is 17.1. The molecule has 2 aliphatic rings. The molecule has 1 aromatic heterocycles. The van der Waals surface area contributed by atoms with E-state index >= 15 is 0 Å². The Hall–Kier alpha value is -2.77. The van der Waals surface area contributed by atoms with Crippen LogP contribution in [0.1, 0.15) is 53.7 Å². The molecule has 1 saturated carbocycles. The molecule has 2 aromatic rings. The smallest absolute Gasteiger partial charge is 0.254 e. The molecule has 1 aliphatic carbocycles. The summed E-state index contributed by atoms with van der Waals surface area (Å²) >= 11 is 0. The summed E-state index contributed by atoms with van der Waals surface area (Å²) in [6.45, 7) is 1.39. The number of nitrogens with zero attached hydrogens (tertiary/aromatic N) is 3. The monoisotopic (exact) mass is 401 g/mol. The van der Waals surface area contributed by atoms with E-state index < -0.39 is 0 Å². The van der Waals surface area contributed by atoms with Crippen LogP contribution in [-0.2, 0) is 6.42 Å². The van der Waals surface area contributed by atoms with E-state index in [0.29, 0.717) is 53.5 Å². The summed E-state index contributed by atoms with van der Waals surface area (Å²) in [7, 11) is 4.63. The third-order valence-corrected chi connectivity index (χ3v) is 5.61. The third-order valence-electron chi connectivity index (χ3n) is 5.61. The van der Waals surface area contributed by atoms with Gasteiger partial charge in [0.2, 0.25) is 11.6 Å². The van der Waals surface area contributed by atoms with E-state index in [1.807, 2.05) is 4.90 Å². The van der Waals surface area contributed by atoms with E-state index in [9.17, 15) is 4.79 Å². The normalized spacial score (nSPS) is 19.1. The van der Waals surface area contributed by atoms with Crippen molar-refractivity contribution < 1.29 is 23.5 Å². The van der Waals surface area contributed by atoms with Crippen LogP contribution in [0.3, 0.4) is 0 Å². The number of hydrogen-bond acceptors (Lipinski definition) is 7. The molecule has 0 radical (unpaired) electrons. The summed E-state index contributed by atoms with van der Waals surface area (Å²) in [5.74, 6) is 3.69. The first-order chi connectivity index (χ1) is 14.1. The lowest BCUT2D eigenvalue weighted by molar-refractivity contribution is 0.0667. The highest BCUT2D eigenvalue weighted by Gasteiger charge is 2.31. The van der Waals surface area contributed by atoms with Gasteiger partial charge in [0.05, 0.1) is 21.3 Å². The summed E-state index contributed by atoms with van der Waals surface area (Å²) < 4.78 is 21.5. The highest BCUT2D eigenvalue weighted by Crippen LogP contribution is 2.39. The largest absolute Gasteiger partial charge is 0.493 e. The van der Waals surface area contributed by atoms with Gasteiger partial charge in [0.1, 0.15) is 0 Å². The number of methoxy groups -OCH3 is 3. The van der Waals surface area contributed by atoms with Gasteiger partial charge in [-0.05, 0) is 43.7 Å². The highest BCUT2D eigenvalue weighted by molar-refractivity contribution is 5.95. The van der Waals surface area contributed by atoms with Crippen molar-refractivity contribution in [1.29, 1.82) is 0 Å². The zero-order chi connectivity index (χ0) is 20.4. The average Bonchev–Trinajstić information content (AvgIpc) is 3.51. The summed E-state index contributed by atoms with van der Waals surface area (Å²) in [4.78, 5) is 19.6. The number of rotatable bonds is 7. The van der Waals surface area contributed by atoms with E-state index in [1.54, 1.807) is 33.5 Å². The highest BCUT2D eigenvalue weighted by atomic mass is 16.5. The van der Waals surface area contributed by atoms with Crippen LogP contribution >= 0.6 is 0 Å². The number of carbonyl (C=O) groups excluding carboxylic acids is 1. The Morgan fingerprint density at radius 1 is 1.14 bits per heavy atom. The third kappa shape index (κ3) is 4.16. The van der Waals surface area contributed by atoms with Crippen LogP contribution in [0.4, 0.5) is 0 Å². The number of benzene rings is 1. The van der Waals surface area contributed by atoms with Gasteiger partial charge in [-0.2, -0.15) is 4.98 Å². The molecule has 8 heteroatoms. The fourth-order valence-electron chi connectivity index (χ4n) is 3.91. The predicted molar refractivity (Wildman–Crippen MR) is 105 cm³/mol. The van der Waals surface area contributed by atoms with E-state index in [1.165, 1.54) is 0 Å². The van der Waals surface area contributed by atoms with Crippen molar-refractivity contribution in [1.82, 2.24) is 15.0 Å². The van der Waals surface area contributed by atoms with E-state index in [4.69, 9.17) is 18.7 Å². The molecule has 4 rings (SSSR count). The lowest BCUT2D eigenvalue weighted by Gasteiger charge is -2.32. The molecule has 1 amide bonds. The first kappa shape index (κ1) is 19.5. The summed E-state index contributed by atoms with van der Waals surface area (Å²) in [6, 6.07) is 3.40. The number of piperidine rings is 1. The van der Waals surface area contributed by atoms with E-state index in [0.717, 1.165) is 38.1 Å². The molecule has 0 N–H and O–H groups in total. The molecule has 1 unspecified atom stereocenters. The van der Waals surface area contributed by atoms with Gasteiger partial charge in [0.15, 0.2) is 17.3 Å². The molecule has 0 bridgehead atoms. The summed E-state index contributed by atoms with van der Waals surface area (Å²) in [6.07, 6.45) is 5.00. The molecule has 156 valence electrons.